The normalized spacial score (nSPS) is 31.5. The van der Waals surface area contributed by atoms with Gasteiger partial charge in [-0.05, 0) is 49.7 Å². The summed E-state index contributed by atoms with van der Waals surface area (Å²) in [7, 11) is 0. The van der Waals surface area contributed by atoms with Gasteiger partial charge in [0.2, 0.25) is 0 Å². The van der Waals surface area contributed by atoms with Gasteiger partial charge in [0.15, 0.2) is 0 Å². The van der Waals surface area contributed by atoms with Gasteiger partial charge >= 0.3 is 6.03 Å². The first-order valence-electron chi connectivity index (χ1n) is 7.75. The first kappa shape index (κ1) is 14.4. The Kier molecular flexibility index (Phi) is 3.24. The number of nitrogens with zero attached hydrogens (tertiary/aromatic N) is 1. The van der Waals surface area contributed by atoms with Crippen LogP contribution in [0.5, 0.6) is 0 Å². The zero-order valence-corrected chi connectivity index (χ0v) is 13.4. The lowest BCUT2D eigenvalue weighted by Gasteiger charge is -2.45. The van der Waals surface area contributed by atoms with E-state index in [1.54, 1.807) is 5.01 Å². The van der Waals surface area contributed by atoms with E-state index in [1.807, 2.05) is 31.2 Å². The lowest BCUT2D eigenvalue weighted by atomic mass is 9.68. The second kappa shape index (κ2) is 4.73. The molecule has 4 heteroatoms. The third-order valence-corrected chi connectivity index (χ3v) is 4.55. The fraction of sp³-hybridized carbons (Fsp3) is 0.588. The van der Waals surface area contributed by atoms with Gasteiger partial charge in [0.05, 0.1) is 5.69 Å². The summed E-state index contributed by atoms with van der Waals surface area (Å²) in [4.78, 5) is 12.4. The van der Waals surface area contributed by atoms with Crippen molar-refractivity contribution in [3.63, 3.8) is 0 Å². The summed E-state index contributed by atoms with van der Waals surface area (Å²) >= 11 is 0. The van der Waals surface area contributed by atoms with Gasteiger partial charge in [-0.3, -0.25) is 0 Å². The van der Waals surface area contributed by atoms with E-state index in [2.05, 4.69) is 31.5 Å². The zero-order valence-electron chi connectivity index (χ0n) is 13.4. The summed E-state index contributed by atoms with van der Waals surface area (Å²) in [6.07, 6.45) is 3.14. The monoisotopic (exact) mass is 287 g/mol. The molecule has 1 aromatic carbocycles. The molecule has 4 nitrogen and oxygen atoms in total. The van der Waals surface area contributed by atoms with Crippen LogP contribution in [-0.4, -0.2) is 11.7 Å². The van der Waals surface area contributed by atoms with Gasteiger partial charge in [0.1, 0.15) is 5.66 Å². The van der Waals surface area contributed by atoms with Gasteiger partial charge in [0, 0.05) is 0 Å². The Morgan fingerprint density at radius 1 is 1.19 bits per heavy atom. The molecule has 2 amide bonds. The number of amides is 2. The summed E-state index contributed by atoms with van der Waals surface area (Å²) in [5, 5.41) is 4.85. The first-order chi connectivity index (χ1) is 9.79. The predicted octanol–water partition coefficient (Wildman–Crippen LogP) is 3.57. The lowest BCUT2D eigenvalue weighted by Crippen LogP contribution is -2.57. The molecule has 2 N–H and O–H groups in total. The molecule has 1 saturated carbocycles. The van der Waals surface area contributed by atoms with Crippen molar-refractivity contribution >= 4 is 11.7 Å². The molecule has 1 aliphatic carbocycles. The van der Waals surface area contributed by atoms with E-state index < -0.39 is 0 Å². The van der Waals surface area contributed by atoms with Crippen molar-refractivity contribution in [1.82, 2.24) is 10.7 Å². The van der Waals surface area contributed by atoms with Crippen molar-refractivity contribution in [2.24, 2.45) is 11.3 Å². The summed E-state index contributed by atoms with van der Waals surface area (Å²) in [5.74, 6) is 0.597. The van der Waals surface area contributed by atoms with Gasteiger partial charge in [-0.25, -0.2) is 15.2 Å². The fourth-order valence-corrected chi connectivity index (χ4v) is 4.18. The zero-order chi connectivity index (χ0) is 15.3. The third-order valence-electron chi connectivity index (χ3n) is 4.55. The average Bonchev–Trinajstić information content (AvgIpc) is 2.63. The van der Waals surface area contributed by atoms with E-state index in [4.69, 9.17) is 0 Å². The van der Waals surface area contributed by atoms with Crippen molar-refractivity contribution in [3.8, 4) is 0 Å². The van der Waals surface area contributed by atoms with E-state index in [0.29, 0.717) is 5.92 Å². The SMILES string of the molecule is Cc1ccc(N2NC3(CC(C)CC(C)(C)C3)NC2=O)cc1. The Hall–Kier alpha value is -1.55. The van der Waals surface area contributed by atoms with Gasteiger partial charge in [-0.15, -0.1) is 0 Å². The highest BCUT2D eigenvalue weighted by atomic mass is 16.2. The molecule has 114 valence electrons. The topological polar surface area (TPSA) is 44.4 Å². The number of hydrazine groups is 1. The Morgan fingerprint density at radius 2 is 1.86 bits per heavy atom. The average molecular weight is 287 g/mol. The molecule has 0 aromatic heterocycles. The highest BCUT2D eigenvalue weighted by molar-refractivity contribution is 5.93. The minimum absolute atomic E-state index is 0.0521. The Morgan fingerprint density at radius 3 is 2.48 bits per heavy atom. The molecule has 3 rings (SSSR count). The number of nitrogens with one attached hydrogen (secondary N) is 2. The molecule has 1 aromatic rings. The molecule has 1 saturated heterocycles. The molecule has 2 fully saturated rings. The number of carbonyl (C=O) groups is 1. The predicted molar refractivity (Wildman–Crippen MR) is 84.9 cm³/mol. The molecule has 0 radical (unpaired) electrons. The molecule has 2 atom stereocenters. The van der Waals surface area contributed by atoms with Crippen LogP contribution in [0.2, 0.25) is 0 Å². The van der Waals surface area contributed by atoms with Gasteiger partial charge in [-0.2, -0.15) is 0 Å². The lowest BCUT2D eigenvalue weighted by molar-refractivity contribution is 0.0812. The summed E-state index contributed by atoms with van der Waals surface area (Å²) < 4.78 is 0. The van der Waals surface area contributed by atoms with Crippen molar-refractivity contribution < 1.29 is 4.79 Å². The smallest absolute Gasteiger partial charge is 0.317 e. The molecular weight excluding hydrogens is 262 g/mol. The highest BCUT2D eigenvalue weighted by Crippen LogP contribution is 2.44. The van der Waals surface area contributed by atoms with Crippen LogP contribution in [0.4, 0.5) is 10.5 Å². The van der Waals surface area contributed by atoms with Crippen LogP contribution < -0.4 is 15.8 Å². The second-order valence-corrected chi connectivity index (χ2v) is 7.65. The second-order valence-electron chi connectivity index (χ2n) is 7.65. The molecule has 1 aliphatic heterocycles. The number of anilines is 1. The van der Waals surface area contributed by atoms with Crippen molar-refractivity contribution in [3.05, 3.63) is 29.8 Å². The maximum Gasteiger partial charge on any atom is 0.338 e. The van der Waals surface area contributed by atoms with E-state index in [9.17, 15) is 4.79 Å². The highest BCUT2D eigenvalue weighted by Gasteiger charge is 2.49. The van der Waals surface area contributed by atoms with Crippen LogP contribution in [0, 0.1) is 18.3 Å². The minimum atomic E-state index is -0.302. The minimum Gasteiger partial charge on any atom is -0.317 e. The molecule has 1 heterocycles. The largest absolute Gasteiger partial charge is 0.338 e. The van der Waals surface area contributed by atoms with Crippen molar-refractivity contribution in [1.29, 1.82) is 0 Å². The van der Waals surface area contributed by atoms with Crippen LogP contribution >= 0.6 is 0 Å². The van der Waals surface area contributed by atoms with Gasteiger partial charge < -0.3 is 5.32 Å². The van der Waals surface area contributed by atoms with Crippen LogP contribution in [0.15, 0.2) is 24.3 Å². The molecule has 2 unspecified atom stereocenters. The first-order valence-corrected chi connectivity index (χ1v) is 7.75. The Labute approximate surface area is 126 Å². The number of hydrogen-bond donors (Lipinski definition) is 2. The maximum absolute atomic E-state index is 12.4. The Bertz CT molecular complexity index is 552. The van der Waals surface area contributed by atoms with Crippen molar-refractivity contribution in [2.45, 2.75) is 52.6 Å². The molecule has 1 spiro atoms. The molecule has 0 bridgehead atoms. The van der Waals surface area contributed by atoms with E-state index in [0.717, 1.165) is 18.5 Å². The molecule has 21 heavy (non-hydrogen) atoms. The standard InChI is InChI=1S/C17H25N3O/c1-12-5-7-14(8-6-12)20-15(21)18-17(19-20)10-13(2)9-16(3,4)11-17/h5-8,13,19H,9-11H2,1-4H3,(H,18,21). The summed E-state index contributed by atoms with van der Waals surface area (Å²) in [5.41, 5.74) is 5.47. The van der Waals surface area contributed by atoms with E-state index >= 15 is 0 Å². The quantitative estimate of drug-likeness (QED) is 0.829. The fourth-order valence-electron chi connectivity index (χ4n) is 4.18. The molecular formula is C17H25N3O. The number of rotatable bonds is 1. The number of benzene rings is 1. The van der Waals surface area contributed by atoms with Crippen molar-refractivity contribution in [2.75, 3.05) is 5.01 Å². The van der Waals surface area contributed by atoms with Crippen LogP contribution in [0.25, 0.3) is 0 Å². The Balaban J connectivity index is 1.85. The number of hydrogen-bond acceptors (Lipinski definition) is 2. The van der Waals surface area contributed by atoms with E-state index in [-0.39, 0.29) is 17.1 Å². The van der Waals surface area contributed by atoms with E-state index in [1.165, 1.54) is 12.0 Å². The molecule has 2 aliphatic rings. The summed E-state index contributed by atoms with van der Waals surface area (Å²) in [6, 6.07) is 7.98. The number of urea groups is 1. The number of carbonyl (C=O) groups excluding carboxylic acids is 1. The van der Waals surface area contributed by atoms with Crippen LogP contribution in [-0.2, 0) is 0 Å². The number of aryl methyl sites for hydroxylation is 1. The van der Waals surface area contributed by atoms with Gasteiger partial charge in [-0.1, -0.05) is 38.5 Å². The van der Waals surface area contributed by atoms with Crippen LogP contribution in [0.1, 0.15) is 45.6 Å². The van der Waals surface area contributed by atoms with Crippen LogP contribution in [0.3, 0.4) is 0 Å². The summed E-state index contributed by atoms with van der Waals surface area (Å²) in [6.45, 7) is 8.89. The van der Waals surface area contributed by atoms with Gasteiger partial charge in [0.25, 0.3) is 0 Å². The maximum atomic E-state index is 12.4. The third kappa shape index (κ3) is 2.77.